The highest BCUT2D eigenvalue weighted by atomic mass is 79.9. The van der Waals surface area contributed by atoms with E-state index in [1.165, 1.54) is 0 Å². The van der Waals surface area contributed by atoms with E-state index in [9.17, 15) is 4.79 Å². The van der Waals surface area contributed by atoms with Gasteiger partial charge in [0, 0.05) is 18.0 Å². The molecular weight excluding hydrogens is 338 g/mol. The lowest BCUT2D eigenvalue weighted by Crippen LogP contribution is -2.06. The molecule has 110 valence electrons. The summed E-state index contributed by atoms with van der Waals surface area (Å²) < 4.78 is 16.6. The molecule has 0 N–H and O–H groups in total. The van der Waals surface area contributed by atoms with Gasteiger partial charge in [0.15, 0.2) is 0 Å². The normalized spacial score (nSPS) is 10.0. The first-order valence-corrected chi connectivity index (χ1v) is 6.92. The molecule has 0 radical (unpaired) electrons. The van der Waals surface area contributed by atoms with E-state index >= 15 is 0 Å². The van der Waals surface area contributed by atoms with Crippen molar-refractivity contribution in [3.8, 4) is 11.5 Å². The van der Waals surface area contributed by atoms with Crippen LogP contribution in [0.4, 0.5) is 0 Å². The van der Waals surface area contributed by atoms with Crippen molar-refractivity contribution in [2.24, 2.45) is 0 Å². The molecule has 0 fully saturated rings. The second-order valence-corrected chi connectivity index (χ2v) is 4.96. The van der Waals surface area contributed by atoms with Gasteiger partial charge in [-0.1, -0.05) is 0 Å². The van der Waals surface area contributed by atoms with Gasteiger partial charge in [0.25, 0.3) is 0 Å². The van der Waals surface area contributed by atoms with Crippen molar-refractivity contribution in [2.45, 2.75) is 6.61 Å². The van der Waals surface area contributed by atoms with Crippen LogP contribution in [0.2, 0.25) is 0 Å². The summed E-state index contributed by atoms with van der Waals surface area (Å²) in [5.74, 6) is 0.845. The Kier molecular flexibility index (Phi) is 5.16. The molecule has 0 saturated carbocycles. The molecule has 0 atom stereocenters. The monoisotopic (exact) mass is 351 g/mol. The van der Waals surface area contributed by atoms with Crippen LogP contribution in [0.3, 0.4) is 0 Å². The molecule has 6 heteroatoms. The highest BCUT2D eigenvalue weighted by Gasteiger charge is 2.13. The molecule has 0 aliphatic heterocycles. The van der Waals surface area contributed by atoms with Crippen LogP contribution < -0.4 is 9.47 Å². The maximum Gasteiger partial charge on any atom is 0.338 e. The third kappa shape index (κ3) is 3.72. The first-order chi connectivity index (χ1) is 10.2. The standard InChI is InChI=1S/C15H14BrNO4/c1-19-13-8-12(16)14(20-2)7-11(13)9-21-15(18)10-3-5-17-6-4-10/h3-8H,9H2,1-2H3. The topological polar surface area (TPSA) is 57.7 Å². The first-order valence-electron chi connectivity index (χ1n) is 6.13. The fourth-order valence-corrected chi connectivity index (χ4v) is 2.24. The summed E-state index contributed by atoms with van der Waals surface area (Å²) in [4.78, 5) is 15.8. The lowest BCUT2D eigenvalue weighted by atomic mass is 10.2. The number of nitrogens with zero attached hydrogens (tertiary/aromatic N) is 1. The number of rotatable bonds is 5. The summed E-state index contributed by atoms with van der Waals surface area (Å²) in [7, 11) is 3.13. The zero-order chi connectivity index (χ0) is 15.2. The van der Waals surface area contributed by atoms with Gasteiger partial charge in [0.1, 0.15) is 18.1 Å². The lowest BCUT2D eigenvalue weighted by Gasteiger charge is -2.12. The Morgan fingerprint density at radius 2 is 1.81 bits per heavy atom. The Hall–Kier alpha value is -2.08. The van der Waals surface area contributed by atoms with Gasteiger partial charge in [-0.05, 0) is 40.2 Å². The second kappa shape index (κ2) is 7.08. The third-order valence-electron chi connectivity index (χ3n) is 2.83. The predicted octanol–water partition coefficient (Wildman–Crippen LogP) is 3.22. The molecule has 0 bridgehead atoms. The van der Waals surface area contributed by atoms with Crippen LogP contribution in [-0.2, 0) is 11.3 Å². The number of pyridine rings is 1. The van der Waals surface area contributed by atoms with Crippen molar-refractivity contribution in [1.29, 1.82) is 0 Å². The SMILES string of the molecule is COc1cc(COC(=O)c2ccncc2)c(OC)cc1Br. The molecule has 2 aromatic rings. The van der Waals surface area contributed by atoms with Gasteiger partial charge in [-0.25, -0.2) is 4.79 Å². The number of halogens is 1. The summed E-state index contributed by atoms with van der Waals surface area (Å²) in [6, 6.07) is 6.74. The van der Waals surface area contributed by atoms with Crippen LogP contribution in [0, 0.1) is 0 Å². The van der Waals surface area contributed by atoms with Crippen molar-refractivity contribution in [3.63, 3.8) is 0 Å². The number of hydrogen-bond donors (Lipinski definition) is 0. The Balaban J connectivity index is 2.14. The summed E-state index contributed by atoms with van der Waals surface area (Å²) in [5.41, 5.74) is 1.17. The fourth-order valence-electron chi connectivity index (χ4n) is 1.75. The Labute approximate surface area is 131 Å². The van der Waals surface area contributed by atoms with E-state index < -0.39 is 5.97 Å². The Morgan fingerprint density at radius 3 is 2.43 bits per heavy atom. The third-order valence-corrected chi connectivity index (χ3v) is 3.45. The fraction of sp³-hybridized carbons (Fsp3) is 0.200. The molecule has 1 heterocycles. The molecule has 1 aromatic carbocycles. The van der Waals surface area contributed by atoms with Gasteiger partial charge in [-0.2, -0.15) is 0 Å². The molecule has 0 aliphatic carbocycles. The van der Waals surface area contributed by atoms with Gasteiger partial charge in [-0.3, -0.25) is 4.98 Å². The van der Waals surface area contributed by atoms with Crippen molar-refractivity contribution in [3.05, 3.63) is 52.3 Å². The largest absolute Gasteiger partial charge is 0.496 e. The van der Waals surface area contributed by atoms with E-state index in [4.69, 9.17) is 14.2 Å². The highest BCUT2D eigenvalue weighted by molar-refractivity contribution is 9.10. The minimum atomic E-state index is -0.415. The first kappa shape index (κ1) is 15.3. The molecule has 0 saturated heterocycles. The number of ether oxygens (including phenoxy) is 3. The van der Waals surface area contributed by atoms with Gasteiger partial charge in [0.05, 0.1) is 24.3 Å². The van der Waals surface area contributed by atoms with Gasteiger partial charge < -0.3 is 14.2 Å². The summed E-state index contributed by atoms with van der Waals surface area (Å²) in [6.07, 6.45) is 3.08. The molecular formula is C15H14BrNO4. The molecule has 2 rings (SSSR count). The van der Waals surface area contributed by atoms with E-state index in [-0.39, 0.29) is 6.61 Å². The van der Waals surface area contributed by atoms with Crippen molar-refractivity contribution in [1.82, 2.24) is 4.98 Å². The molecule has 0 amide bonds. The molecule has 0 spiro atoms. The lowest BCUT2D eigenvalue weighted by molar-refractivity contribution is 0.0469. The number of carbonyl (C=O) groups excluding carboxylic acids is 1. The zero-order valence-electron chi connectivity index (χ0n) is 11.6. The van der Waals surface area contributed by atoms with Crippen LogP contribution in [0.25, 0.3) is 0 Å². The van der Waals surface area contributed by atoms with Crippen LogP contribution in [0.15, 0.2) is 41.1 Å². The molecule has 5 nitrogen and oxygen atoms in total. The molecule has 21 heavy (non-hydrogen) atoms. The number of benzene rings is 1. The van der Waals surface area contributed by atoms with Crippen molar-refractivity contribution >= 4 is 21.9 Å². The number of aromatic nitrogens is 1. The average molecular weight is 352 g/mol. The molecule has 1 aromatic heterocycles. The van der Waals surface area contributed by atoms with Crippen molar-refractivity contribution in [2.75, 3.05) is 14.2 Å². The zero-order valence-corrected chi connectivity index (χ0v) is 13.2. The van der Waals surface area contributed by atoms with Crippen LogP contribution in [0.1, 0.15) is 15.9 Å². The predicted molar refractivity (Wildman–Crippen MR) is 80.6 cm³/mol. The quantitative estimate of drug-likeness (QED) is 0.774. The Bertz CT molecular complexity index is 631. The van der Waals surface area contributed by atoms with E-state index in [0.717, 1.165) is 10.0 Å². The summed E-state index contributed by atoms with van der Waals surface area (Å²) >= 11 is 3.38. The molecule has 0 unspecified atom stereocenters. The summed E-state index contributed by atoms with van der Waals surface area (Å²) in [5, 5.41) is 0. The van der Waals surface area contributed by atoms with Crippen molar-refractivity contribution < 1.29 is 19.0 Å². The minimum absolute atomic E-state index is 0.0912. The maximum absolute atomic E-state index is 11.9. The smallest absolute Gasteiger partial charge is 0.338 e. The van der Waals surface area contributed by atoms with E-state index in [1.54, 1.807) is 50.9 Å². The van der Waals surface area contributed by atoms with Crippen LogP contribution >= 0.6 is 15.9 Å². The van der Waals surface area contributed by atoms with Gasteiger partial charge >= 0.3 is 5.97 Å². The summed E-state index contributed by atoms with van der Waals surface area (Å²) in [6.45, 7) is 0.0912. The van der Waals surface area contributed by atoms with Crippen LogP contribution in [0.5, 0.6) is 11.5 Å². The average Bonchev–Trinajstić information content (AvgIpc) is 2.53. The van der Waals surface area contributed by atoms with E-state index in [0.29, 0.717) is 17.1 Å². The van der Waals surface area contributed by atoms with Gasteiger partial charge in [-0.15, -0.1) is 0 Å². The molecule has 0 aliphatic rings. The van der Waals surface area contributed by atoms with Crippen LogP contribution in [-0.4, -0.2) is 25.2 Å². The number of carbonyl (C=O) groups is 1. The van der Waals surface area contributed by atoms with Gasteiger partial charge in [0.2, 0.25) is 0 Å². The minimum Gasteiger partial charge on any atom is -0.496 e. The number of hydrogen-bond acceptors (Lipinski definition) is 5. The second-order valence-electron chi connectivity index (χ2n) is 4.11. The Morgan fingerprint density at radius 1 is 1.14 bits per heavy atom. The number of methoxy groups -OCH3 is 2. The highest BCUT2D eigenvalue weighted by Crippen LogP contribution is 2.33. The van der Waals surface area contributed by atoms with E-state index in [1.807, 2.05) is 0 Å². The maximum atomic E-state index is 11.9. The van der Waals surface area contributed by atoms with E-state index in [2.05, 4.69) is 20.9 Å². The number of esters is 1.